The highest BCUT2D eigenvalue weighted by Gasteiger charge is 2.21. The summed E-state index contributed by atoms with van der Waals surface area (Å²) in [6, 6.07) is 38.0. The van der Waals surface area contributed by atoms with E-state index < -0.39 is 0 Å². The molecule has 0 radical (unpaired) electrons. The molecule has 0 unspecified atom stereocenters. The maximum Gasteiger partial charge on any atom is 0.149 e. The fourth-order valence-corrected chi connectivity index (χ4v) is 5.46. The van der Waals surface area contributed by atoms with Gasteiger partial charge in [0.15, 0.2) is 0 Å². The molecule has 0 aliphatic carbocycles. The minimum absolute atomic E-state index is 0.867. The van der Waals surface area contributed by atoms with Crippen LogP contribution in [0.3, 0.4) is 0 Å². The van der Waals surface area contributed by atoms with Crippen molar-refractivity contribution < 1.29 is 4.42 Å². The Morgan fingerprint density at radius 3 is 2.17 bits per heavy atom. The lowest BCUT2D eigenvalue weighted by Gasteiger charge is -2.17. The van der Waals surface area contributed by atoms with Gasteiger partial charge < -0.3 is 4.42 Å². The lowest BCUT2D eigenvalue weighted by molar-refractivity contribution is 0.669. The summed E-state index contributed by atoms with van der Waals surface area (Å²) in [5.41, 5.74) is 10.8. The van der Waals surface area contributed by atoms with E-state index >= 15 is 0 Å². The Balaban J connectivity index is 1.53. The predicted octanol–water partition coefficient (Wildman–Crippen LogP) is 8.88. The summed E-state index contributed by atoms with van der Waals surface area (Å²) in [5.74, 6) is 0.888. The number of benzene rings is 5. The quantitative estimate of drug-likeness (QED) is 0.261. The summed E-state index contributed by atoms with van der Waals surface area (Å²) in [4.78, 5) is 5.15. The molecular weight excluding hydrogens is 440 g/mol. The number of imidazole rings is 1. The summed E-state index contributed by atoms with van der Waals surface area (Å²) in [6.07, 6.45) is 0. The van der Waals surface area contributed by atoms with E-state index in [2.05, 4.69) is 109 Å². The fourth-order valence-electron chi connectivity index (χ4n) is 5.46. The van der Waals surface area contributed by atoms with Crippen molar-refractivity contribution in [3.8, 4) is 28.2 Å². The Morgan fingerprint density at radius 2 is 1.33 bits per heavy atom. The smallest absolute Gasteiger partial charge is 0.149 e. The van der Waals surface area contributed by atoms with Gasteiger partial charge in [-0.3, -0.25) is 4.57 Å². The number of fused-ring (bicyclic) bond motifs is 4. The van der Waals surface area contributed by atoms with Gasteiger partial charge in [0.1, 0.15) is 17.0 Å². The van der Waals surface area contributed by atoms with Crippen molar-refractivity contribution in [1.82, 2.24) is 9.55 Å². The molecule has 0 saturated carbocycles. The van der Waals surface area contributed by atoms with Gasteiger partial charge in [0.05, 0.1) is 22.3 Å². The molecule has 3 nitrogen and oxygen atoms in total. The number of rotatable bonds is 3. The van der Waals surface area contributed by atoms with Crippen molar-refractivity contribution in [2.75, 3.05) is 0 Å². The molecule has 36 heavy (non-hydrogen) atoms. The maximum atomic E-state index is 6.41. The van der Waals surface area contributed by atoms with E-state index in [4.69, 9.17) is 9.40 Å². The standard InChI is InChI=1S/C33H24N2O/c1-21-19-24(23-11-4-3-5-12-23)20-22(2)31(21)35-29-17-8-7-16-28(29)34-33(35)27-15-10-14-26-25-13-6-9-18-30(25)36-32(26)27/h3-20H,1-2H3. The molecule has 2 aromatic heterocycles. The van der Waals surface area contributed by atoms with E-state index in [1.54, 1.807) is 0 Å². The summed E-state index contributed by atoms with van der Waals surface area (Å²) < 4.78 is 8.71. The highest BCUT2D eigenvalue weighted by atomic mass is 16.3. The SMILES string of the molecule is Cc1cc(-c2ccccc2)cc(C)c1-n1c(-c2cccc3c2oc2ccccc23)nc2ccccc21. The van der Waals surface area contributed by atoms with Crippen LogP contribution in [0, 0.1) is 13.8 Å². The molecule has 7 aromatic rings. The van der Waals surface area contributed by atoms with E-state index in [0.29, 0.717) is 0 Å². The lowest BCUT2D eigenvalue weighted by Crippen LogP contribution is -2.03. The third kappa shape index (κ3) is 3.10. The summed E-state index contributed by atoms with van der Waals surface area (Å²) >= 11 is 0. The summed E-state index contributed by atoms with van der Waals surface area (Å²) in [5, 5.41) is 2.23. The van der Waals surface area contributed by atoms with Crippen LogP contribution in [0.2, 0.25) is 0 Å². The molecule has 3 heteroatoms. The van der Waals surface area contributed by atoms with Crippen LogP contribution in [-0.2, 0) is 0 Å². The van der Waals surface area contributed by atoms with Crippen molar-refractivity contribution in [2.45, 2.75) is 13.8 Å². The first-order chi connectivity index (χ1) is 17.7. The molecule has 0 fully saturated rings. The average molecular weight is 465 g/mol. The lowest BCUT2D eigenvalue weighted by atomic mass is 9.98. The van der Waals surface area contributed by atoms with Gasteiger partial charge in [-0.1, -0.05) is 72.8 Å². The van der Waals surface area contributed by atoms with E-state index in [1.807, 2.05) is 18.2 Å². The first kappa shape index (κ1) is 20.7. The van der Waals surface area contributed by atoms with Crippen LogP contribution in [-0.4, -0.2) is 9.55 Å². The minimum Gasteiger partial charge on any atom is -0.455 e. The van der Waals surface area contributed by atoms with Gasteiger partial charge in [-0.2, -0.15) is 0 Å². The Kier molecular flexibility index (Phi) is 4.58. The zero-order chi connectivity index (χ0) is 24.2. The Labute approximate surface area is 209 Å². The second kappa shape index (κ2) is 7.96. The monoisotopic (exact) mass is 464 g/mol. The molecule has 7 rings (SSSR count). The summed E-state index contributed by atoms with van der Waals surface area (Å²) in [6.45, 7) is 4.38. The molecule has 0 aliphatic heterocycles. The molecule has 0 aliphatic rings. The molecule has 0 bridgehead atoms. The number of aryl methyl sites for hydroxylation is 2. The molecular formula is C33H24N2O. The van der Waals surface area contributed by atoms with Crippen molar-refractivity contribution in [3.63, 3.8) is 0 Å². The Hall–Kier alpha value is -4.63. The third-order valence-corrected chi connectivity index (χ3v) is 7.03. The fraction of sp³-hybridized carbons (Fsp3) is 0.0606. The molecule has 0 saturated heterocycles. The topological polar surface area (TPSA) is 31.0 Å². The zero-order valence-corrected chi connectivity index (χ0v) is 20.2. The number of hydrogen-bond donors (Lipinski definition) is 0. The zero-order valence-electron chi connectivity index (χ0n) is 20.2. The minimum atomic E-state index is 0.867. The maximum absolute atomic E-state index is 6.41. The largest absolute Gasteiger partial charge is 0.455 e. The van der Waals surface area contributed by atoms with E-state index in [-0.39, 0.29) is 0 Å². The number of aromatic nitrogens is 2. The predicted molar refractivity (Wildman–Crippen MR) is 149 cm³/mol. The van der Waals surface area contributed by atoms with E-state index in [0.717, 1.165) is 50.0 Å². The van der Waals surface area contributed by atoms with Gasteiger partial charge in [0, 0.05) is 10.8 Å². The molecule has 172 valence electrons. The number of nitrogens with zero attached hydrogens (tertiary/aromatic N) is 2. The van der Waals surface area contributed by atoms with Crippen LogP contribution >= 0.6 is 0 Å². The highest BCUT2D eigenvalue weighted by molar-refractivity contribution is 6.09. The average Bonchev–Trinajstić information content (AvgIpc) is 3.48. The van der Waals surface area contributed by atoms with Crippen LogP contribution in [0.1, 0.15) is 11.1 Å². The van der Waals surface area contributed by atoms with Crippen molar-refractivity contribution in [1.29, 1.82) is 0 Å². The van der Waals surface area contributed by atoms with E-state index in [1.165, 1.54) is 22.3 Å². The van der Waals surface area contributed by atoms with Crippen LogP contribution in [0.4, 0.5) is 0 Å². The first-order valence-corrected chi connectivity index (χ1v) is 12.2. The van der Waals surface area contributed by atoms with E-state index in [9.17, 15) is 0 Å². The third-order valence-electron chi connectivity index (χ3n) is 7.03. The van der Waals surface area contributed by atoms with Crippen LogP contribution in [0.15, 0.2) is 114 Å². The molecule has 0 amide bonds. The van der Waals surface area contributed by atoms with Crippen molar-refractivity contribution in [2.24, 2.45) is 0 Å². The highest BCUT2D eigenvalue weighted by Crippen LogP contribution is 2.39. The van der Waals surface area contributed by atoms with Crippen molar-refractivity contribution in [3.05, 3.63) is 120 Å². The molecule has 0 N–H and O–H groups in total. The van der Waals surface area contributed by atoms with Gasteiger partial charge >= 0.3 is 0 Å². The first-order valence-electron chi connectivity index (χ1n) is 12.2. The van der Waals surface area contributed by atoms with Crippen LogP contribution < -0.4 is 0 Å². The molecule has 2 heterocycles. The van der Waals surface area contributed by atoms with Crippen LogP contribution in [0.5, 0.6) is 0 Å². The molecule has 0 atom stereocenters. The number of furan rings is 1. The van der Waals surface area contributed by atoms with Gasteiger partial charge in [-0.15, -0.1) is 0 Å². The number of para-hydroxylation sites is 4. The molecule has 5 aromatic carbocycles. The Morgan fingerprint density at radius 1 is 0.639 bits per heavy atom. The van der Waals surface area contributed by atoms with Gasteiger partial charge in [0.25, 0.3) is 0 Å². The van der Waals surface area contributed by atoms with Gasteiger partial charge in [-0.05, 0) is 72.5 Å². The summed E-state index contributed by atoms with van der Waals surface area (Å²) in [7, 11) is 0. The number of hydrogen-bond acceptors (Lipinski definition) is 2. The van der Waals surface area contributed by atoms with Crippen molar-refractivity contribution >= 4 is 33.0 Å². The second-order valence-corrected chi connectivity index (χ2v) is 9.36. The van der Waals surface area contributed by atoms with Gasteiger partial charge in [-0.25, -0.2) is 4.98 Å². The van der Waals surface area contributed by atoms with Gasteiger partial charge in [0.2, 0.25) is 0 Å². The van der Waals surface area contributed by atoms with Crippen LogP contribution in [0.25, 0.3) is 61.2 Å². The molecule has 0 spiro atoms. The Bertz CT molecular complexity index is 1880. The normalized spacial score (nSPS) is 11.6. The second-order valence-electron chi connectivity index (χ2n) is 9.36.